The zero-order valence-corrected chi connectivity index (χ0v) is 13.7. The molecule has 1 amide bonds. The highest BCUT2D eigenvalue weighted by Gasteiger charge is 2.27. The summed E-state index contributed by atoms with van der Waals surface area (Å²) in [5, 5.41) is 3.07. The van der Waals surface area contributed by atoms with Crippen LogP contribution < -0.4 is 5.32 Å². The standard InChI is InChI=1S/C18H24N4O.CH4/c1-12-9-10-15-17(19-12)22(14-7-4-8-14)18(20-15)21-16(23)11-13-5-2-3-6-13;/h9-10,13-14H,2-8,11H2,1H3,(H,20,21,23);1H4. The van der Waals surface area contributed by atoms with Gasteiger partial charge in [-0.15, -0.1) is 0 Å². The molecule has 0 aliphatic heterocycles. The van der Waals surface area contributed by atoms with Gasteiger partial charge in [-0.3, -0.25) is 14.7 Å². The molecule has 0 saturated heterocycles. The minimum Gasteiger partial charge on any atom is -0.296 e. The van der Waals surface area contributed by atoms with E-state index in [0.29, 0.717) is 24.3 Å². The van der Waals surface area contributed by atoms with Crippen molar-refractivity contribution in [1.82, 2.24) is 14.5 Å². The fraction of sp³-hybridized carbons (Fsp3) is 0.632. The molecule has 0 bridgehead atoms. The molecule has 0 unspecified atom stereocenters. The minimum absolute atomic E-state index is 0. The molecule has 0 atom stereocenters. The molecule has 24 heavy (non-hydrogen) atoms. The number of pyridine rings is 1. The second-order valence-electron chi connectivity index (χ2n) is 7.09. The number of fused-ring (bicyclic) bond motifs is 1. The third-order valence-corrected chi connectivity index (χ3v) is 5.32. The molecule has 2 saturated carbocycles. The summed E-state index contributed by atoms with van der Waals surface area (Å²) < 4.78 is 2.15. The Morgan fingerprint density at radius 1 is 1.17 bits per heavy atom. The molecule has 2 fully saturated rings. The van der Waals surface area contributed by atoms with Gasteiger partial charge < -0.3 is 0 Å². The van der Waals surface area contributed by atoms with Crippen LogP contribution in [0.1, 0.15) is 70.5 Å². The van der Waals surface area contributed by atoms with Gasteiger partial charge in [0.1, 0.15) is 5.52 Å². The molecule has 1 N–H and O–H groups in total. The van der Waals surface area contributed by atoms with Crippen LogP contribution in [-0.2, 0) is 4.79 Å². The van der Waals surface area contributed by atoms with Gasteiger partial charge in [-0.2, -0.15) is 0 Å². The lowest BCUT2D eigenvalue weighted by Gasteiger charge is -2.28. The summed E-state index contributed by atoms with van der Waals surface area (Å²) in [5.74, 6) is 1.34. The number of imidazole rings is 1. The van der Waals surface area contributed by atoms with Crippen molar-refractivity contribution in [2.45, 2.75) is 71.8 Å². The molecule has 2 aromatic rings. The van der Waals surface area contributed by atoms with Gasteiger partial charge in [0.2, 0.25) is 11.9 Å². The van der Waals surface area contributed by atoms with Crippen LogP contribution >= 0.6 is 0 Å². The van der Waals surface area contributed by atoms with E-state index in [0.717, 1.165) is 29.7 Å². The van der Waals surface area contributed by atoms with E-state index in [-0.39, 0.29) is 13.3 Å². The maximum atomic E-state index is 12.4. The van der Waals surface area contributed by atoms with Crippen LogP contribution in [0.5, 0.6) is 0 Å². The van der Waals surface area contributed by atoms with Crippen LogP contribution in [-0.4, -0.2) is 20.4 Å². The van der Waals surface area contributed by atoms with Gasteiger partial charge in [0.05, 0.1) is 0 Å². The minimum atomic E-state index is 0. The van der Waals surface area contributed by atoms with E-state index in [4.69, 9.17) is 0 Å². The van der Waals surface area contributed by atoms with E-state index in [1.807, 2.05) is 19.1 Å². The molecule has 0 spiro atoms. The van der Waals surface area contributed by atoms with Crippen molar-refractivity contribution >= 4 is 23.0 Å². The molecule has 4 rings (SSSR count). The summed E-state index contributed by atoms with van der Waals surface area (Å²) >= 11 is 0. The number of hydrogen-bond donors (Lipinski definition) is 1. The molecule has 5 nitrogen and oxygen atoms in total. The summed E-state index contributed by atoms with van der Waals surface area (Å²) in [7, 11) is 0. The number of aryl methyl sites for hydroxylation is 1. The van der Waals surface area contributed by atoms with Crippen molar-refractivity contribution in [3.8, 4) is 0 Å². The Balaban J connectivity index is 0.00000169. The Labute approximate surface area is 143 Å². The van der Waals surface area contributed by atoms with Crippen LogP contribution in [0, 0.1) is 12.8 Å². The molecule has 5 heteroatoms. The molecule has 2 aliphatic rings. The number of nitrogens with zero attached hydrogens (tertiary/aromatic N) is 3. The zero-order chi connectivity index (χ0) is 15.8. The van der Waals surface area contributed by atoms with Crippen molar-refractivity contribution < 1.29 is 4.79 Å². The molecule has 130 valence electrons. The summed E-state index contributed by atoms with van der Waals surface area (Å²) in [4.78, 5) is 21.7. The number of anilines is 1. The van der Waals surface area contributed by atoms with Crippen LogP contribution in [0.3, 0.4) is 0 Å². The van der Waals surface area contributed by atoms with Crippen molar-refractivity contribution in [3.63, 3.8) is 0 Å². The molecular formula is C19H28N4O. The Bertz CT molecular complexity index is 726. The van der Waals surface area contributed by atoms with E-state index in [2.05, 4.69) is 19.9 Å². The number of rotatable bonds is 4. The van der Waals surface area contributed by atoms with Crippen LogP contribution in [0.15, 0.2) is 12.1 Å². The van der Waals surface area contributed by atoms with E-state index in [9.17, 15) is 4.79 Å². The molecule has 0 radical (unpaired) electrons. The second-order valence-corrected chi connectivity index (χ2v) is 7.09. The summed E-state index contributed by atoms with van der Waals surface area (Å²) in [5.41, 5.74) is 2.77. The predicted octanol–water partition coefficient (Wildman–Crippen LogP) is 4.62. The summed E-state index contributed by atoms with van der Waals surface area (Å²) in [6, 6.07) is 4.40. The quantitative estimate of drug-likeness (QED) is 0.891. The smallest absolute Gasteiger partial charge is 0.226 e. The maximum Gasteiger partial charge on any atom is 0.226 e. The topological polar surface area (TPSA) is 59.8 Å². The van der Waals surface area contributed by atoms with E-state index in [1.165, 1.54) is 32.1 Å². The highest BCUT2D eigenvalue weighted by atomic mass is 16.1. The first kappa shape index (κ1) is 16.9. The van der Waals surface area contributed by atoms with Gasteiger partial charge >= 0.3 is 0 Å². The second kappa shape index (κ2) is 6.91. The van der Waals surface area contributed by atoms with Crippen molar-refractivity contribution in [2.24, 2.45) is 5.92 Å². The van der Waals surface area contributed by atoms with Crippen LogP contribution in [0.2, 0.25) is 0 Å². The van der Waals surface area contributed by atoms with E-state index >= 15 is 0 Å². The Kier molecular flexibility index (Phi) is 4.88. The van der Waals surface area contributed by atoms with Gasteiger partial charge in [-0.1, -0.05) is 20.3 Å². The summed E-state index contributed by atoms with van der Waals surface area (Å²) in [6.45, 7) is 2.00. The lowest BCUT2D eigenvalue weighted by Crippen LogP contribution is -2.23. The predicted molar refractivity (Wildman–Crippen MR) is 97.1 cm³/mol. The third-order valence-electron chi connectivity index (χ3n) is 5.32. The van der Waals surface area contributed by atoms with Crippen LogP contribution in [0.25, 0.3) is 11.2 Å². The number of carbonyl (C=O) groups is 1. The van der Waals surface area contributed by atoms with E-state index in [1.54, 1.807) is 0 Å². The average Bonchev–Trinajstić information content (AvgIpc) is 3.07. The van der Waals surface area contributed by atoms with Crippen molar-refractivity contribution in [2.75, 3.05) is 5.32 Å². The Morgan fingerprint density at radius 3 is 2.58 bits per heavy atom. The molecule has 2 aromatic heterocycles. The number of nitrogens with one attached hydrogen (secondary N) is 1. The SMILES string of the molecule is C.Cc1ccc2nc(NC(=O)CC3CCCC3)n(C3CCC3)c2n1. The lowest BCUT2D eigenvalue weighted by molar-refractivity contribution is -0.117. The zero-order valence-electron chi connectivity index (χ0n) is 13.7. The van der Waals surface area contributed by atoms with Gasteiger partial charge in [0, 0.05) is 18.2 Å². The molecule has 2 aliphatic carbocycles. The van der Waals surface area contributed by atoms with Crippen LogP contribution in [0.4, 0.5) is 5.95 Å². The number of amides is 1. The first-order valence-corrected chi connectivity index (χ1v) is 8.86. The first-order chi connectivity index (χ1) is 11.2. The largest absolute Gasteiger partial charge is 0.296 e. The fourth-order valence-corrected chi connectivity index (χ4v) is 3.80. The molecule has 0 aromatic carbocycles. The maximum absolute atomic E-state index is 12.4. The highest BCUT2D eigenvalue weighted by Crippen LogP contribution is 2.37. The highest BCUT2D eigenvalue weighted by molar-refractivity contribution is 5.91. The molecular weight excluding hydrogens is 300 g/mol. The average molecular weight is 328 g/mol. The van der Waals surface area contributed by atoms with Gasteiger partial charge in [-0.05, 0) is 57.1 Å². The first-order valence-electron chi connectivity index (χ1n) is 8.86. The van der Waals surface area contributed by atoms with Gasteiger partial charge in [0.15, 0.2) is 5.65 Å². The van der Waals surface area contributed by atoms with Gasteiger partial charge in [0.25, 0.3) is 0 Å². The number of carbonyl (C=O) groups excluding carboxylic acids is 1. The molecule has 2 heterocycles. The Hall–Kier alpha value is -1.91. The fourth-order valence-electron chi connectivity index (χ4n) is 3.80. The third kappa shape index (κ3) is 3.17. The number of aromatic nitrogens is 3. The van der Waals surface area contributed by atoms with Crippen molar-refractivity contribution in [3.05, 3.63) is 17.8 Å². The lowest BCUT2D eigenvalue weighted by atomic mass is 9.93. The summed E-state index contributed by atoms with van der Waals surface area (Å²) in [6.07, 6.45) is 9.06. The van der Waals surface area contributed by atoms with Gasteiger partial charge in [-0.25, -0.2) is 9.97 Å². The monoisotopic (exact) mass is 328 g/mol. The van der Waals surface area contributed by atoms with Crippen molar-refractivity contribution in [1.29, 1.82) is 0 Å². The van der Waals surface area contributed by atoms with E-state index < -0.39 is 0 Å². The normalized spacial score (nSPS) is 18.4. The Morgan fingerprint density at radius 2 is 1.92 bits per heavy atom. The number of hydrogen-bond acceptors (Lipinski definition) is 3.